The van der Waals surface area contributed by atoms with Gasteiger partial charge in [-0.2, -0.15) is 0 Å². The summed E-state index contributed by atoms with van der Waals surface area (Å²) in [6.07, 6.45) is 1.84. The summed E-state index contributed by atoms with van der Waals surface area (Å²) in [7, 11) is 1.87. The second-order valence-corrected chi connectivity index (χ2v) is 6.74. The van der Waals surface area contributed by atoms with Crippen LogP contribution in [0.4, 0.5) is 5.69 Å². The molecule has 1 aromatic heterocycles. The van der Waals surface area contributed by atoms with Crippen molar-refractivity contribution in [2.24, 2.45) is 0 Å². The summed E-state index contributed by atoms with van der Waals surface area (Å²) in [6.45, 7) is 6.49. The van der Waals surface area contributed by atoms with E-state index in [2.05, 4.69) is 34.7 Å². The smallest absolute Gasteiger partial charge is 0.251 e. The minimum atomic E-state index is -0.0748. The van der Waals surface area contributed by atoms with Gasteiger partial charge in [0, 0.05) is 42.3 Å². The van der Waals surface area contributed by atoms with E-state index < -0.39 is 0 Å². The lowest BCUT2D eigenvalue weighted by atomic mass is 9.98. The summed E-state index contributed by atoms with van der Waals surface area (Å²) < 4.78 is 0. The van der Waals surface area contributed by atoms with Crippen LogP contribution in [0.5, 0.6) is 0 Å². The molecule has 2 N–H and O–H groups in total. The third-order valence-corrected chi connectivity index (χ3v) is 4.87. The quantitative estimate of drug-likeness (QED) is 0.697. The Kier molecular flexibility index (Phi) is 5.55. The lowest BCUT2D eigenvalue weighted by molar-refractivity contribution is 0.0950. The van der Waals surface area contributed by atoms with Crippen LogP contribution in [0.25, 0.3) is 11.1 Å². The molecule has 0 radical (unpaired) electrons. The van der Waals surface area contributed by atoms with Crippen molar-refractivity contribution in [3.63, 3.8) is 0 Å². The summed E-state index contributed by atoms with van der Waals surface area (Å²) >= 11 is 0. The molecule has 0 saturated carbocycles. The third-order valence-electron chi connectivity index (χ3n) is 4.87. The number of nitrogens with one attached hydrogen (secondary N) is 2. The van der Waals surface area contributed by atoms with Gasteiger partial charge in [0.1, 0.15) is 0 Å². The normalized spacial score (nSPS) is 10.5. The molecule has 138 valence electrons. The van der Waals surface area contributed by atoms with Gasteiger partial charge in [-0.05, 0) is 61.2 Å². The first-order valence-electron chi connectivity index (χ1n) is 9.07. The lowest BCUT2D eigenvalue weighted by Gasteiger charge is -2.15. The minimum absolute atomic E-state index is 0.0748. The molecule has 0 aliphatic heterocycles. The maximum Gasteiger partial charge on any atom is 0.251 e. The van der Waals surface area contributed by atoms with Crippen LogP contribution in [0.15, 0.2) is 54.7 Å². The van der Waals surface area contributed by atoms with Crippen LogP contribution in [-0.2, 0) is 6.54 Å². The van der Waals surface area contributed by atoms with Gasteiger partial charge in [0.15, 0.2) is 0 Å². The molecule has 0 fully saturated rings. The fourth-order valence-corrected chi connectivity index (χ4v) is 3.09. The molecule has 4 heteroatoms. The molecule has 1 heterocycles. The Balaban J connectivity index is 1.91. The van der Waals surface area contributed by atoms with Crippen LogP contribution in [0.1, 0.15) is 32.7 Å². The molecule has 27 heavy (non-hydrogen) atoms. The van der Waals surface area contributed by atoms with E-state index in [0.717, 1.165) is 33.6 Å². The molecule has 0 bridgehead atoms. The van der Waals surface area contributed by atoms with Gasteiger partial charge in [-0.25, -0.2) is 0 Å². The molecule has 0 spiro atoms. The lowest BCUT2D eigenvalue weighted by Crippen LogP contribution is -2.24. The van der Waals surface area contributed by atoms with Crippen molar-refractivity contribution in [1.29, 1.82) is 0 Å². The van der Waals surface area contributed by atoms with E-state index in [1.54, 1.807) is 0 Å². The minimum Gasteiger partial charge on any atom is -0.388 e. The molecule has 1 amide bonds. The fourth-order valence-electron chi connectivity index (χ4n) is 3.09. The van der Waals surface area contributed by atoms with Gasteiger partial charge in [0.05, 0.1) is 0 Å². The van der Waals surface area contributed by atoms with E-state index in [4.69, 9.17) is 0 Å². The van der Waals surface area contributed by atoms with Crippen LogP contribution >= 0.6 is 0 Å². The Morgan fingerprint density at radius 1 is 1.00 bits per heavy atom. The zero-order chi connectivity index (χ0) is 19.4. The SMILES string of the molecule is CNc1cc(-c2ccc(C)nc2)cc(C(=O)NCc2ccccc2C)c1C. The number of aromatic nitrogens is 1. The van der Waals surface area contributed by atoms with Gasteiger partial charge < -0.3 is 10.6 Å². The Labute approximate surface area is 160 Å². The van der Waals surface area contributed by atoms with Gasteiger partial charge in [-0.3, -0.25) is 9.78 Å². The first-order valence-corrected chi connectivity index (χ1v) is 9.07. The van der Waals surface area contributed by atoms with E-state index in [0.29, 0.717) is 12.1 Å². The molecule has 3 aromatic rings. The number of benzene rings is 2. The first-order chi connectivity index (χ1) is 13.0. The molecular weight excluding hydrogens is 334 g/mol. The standard InChI is InChI=1S/C23H25N3O/c1-15-7-5-6-8-18(15)13-26-23(27)21-11-20(12-22(24-4)17(21)3)19-10-9-16(2)25-14-19/h5-12,14,24H,13H2,1-4H3,(H,26,27). The van der Waals surface area contributed by atoms with Crippen LogP contribution in [0.3, 0.4) is 0 Å². The highest BCUT2D eigenvalue weighted by Gasteiger charge is 2.15. The number of hydrogen-bond acceptors (Lipinski definition) is 3. The van der Waals surface area contributed by atoms with E-state index in [-0.39, 0.29) is 5.91 Å². The highest BCUT2D eigenvalue weighted by molar-refractivity contribution is 5.98. The Morgan fingerprint density at radius 2 is 1.78 bits per heavy atom. The summed E-state index contributed by atoms with van der Waals surface area (Å²) in [4.78, 5) is 17.3. The van der Waals surface area contributed by atoms with E-state index >= 15 is 0 Å². The average molecular weight is 359 g/mol. The van der Waals surface area contributed by atoms with Gasteiger partial charge in [0.2, 0.25) is 0 Å². The molecule has 0 aliphatic rings. The zero-order valence-corrected chi connectivity index (χ0v) is 16.3. The second kappa shape index (κ2) is 8.04. The number of pyridine rings is 1. The largest absolute Gasteiger partial charge is 0.388 e. The molecule has 0 saturated heterocycles. The highest BCUT2D eigenvalue weighted by Crippen LogP contribution is 2.28. The van der Waals surface area contributed by atoms with Crippen molar-refractivity contribution in [3.05, 3.63) is 82.7 Å². The highest BCUT2D eigenvalue weighted by atomic mass is 16.1. The van der Waals surface area contributed by atoms with E-state index in [1.807, 2.05) is 63.5 Å². The molecule has 4 nitrogen and oxygen atoms in total. The van der Waals surface area contributed by atoms with Crippen LogP contribution in [0, 0.1) is 20.8 Å². The number of aryl methyl sites for hydroxylation is 2. The van der Waals surface area contributed by atoms with Crippen molar-refractivity contribution in [1.82, 2.24) is 10.3 Å². The molecule has 0 unspecified atom stereocenters. The maximum atomic E-state index is 12.9. The third kappa shape index (κ3) is 4.17. The van der Waals surface area contributed by atoms with Gasteiger partial charge in [-0.1, -0.05) is 30.3 Å². The fraction of sp³-hybridized carbons (Fsp3) is 0.217. The summed E-state index contributed by atoms with van der Waals surface area (Å²) in [6, 6.07) is 16.1. The Hall–Kier alpha value is -3.14. The van der Waals surface area contributed by atoms with Gasteiger partial charge in [-0.15, -0.1) is 0 Å². The number of amides is 1. The summed E-state index contributed by atoms with van der Waals surface area (Å²) in [5.74, 6) is -0.0748. The number of rotatable bonds is 5. The number of carbonyl (C=O) groups is 1. The molecule has 2 aromatic carbocycles. The van der Waals surface area contributed by atoms with Gasteiger partial charge in [0.25, 0.3) is 5.91 Å². The van der Waals surface area contributed by atoms with Crippen LogP contribution < -0.4 is 10.6 Å². The van der Waals surface area contributed by atoms with Crippen LogP contribution in [-0.4, -0.2) is 17.9 Å². The number of hydrogen-bond donors (Lipinski definition) is 2. The average Bonchev–Trinajstić information content (AvgIpc) is 2.68. The second-order valence-electron chi connectivity index (χ2n) is 6.74. The van der Waals surface area contributed by atoms with Crippen LogP contribution in [0.2, 0.25) is 0 Å². The zero-order valence-electron chi connectivity index (χ0n) is 16.3. The van der Waals surface area contributed by atoms with Crippen molar-refractivity contribution in [3.8, 4) is 11.1 Å². The summed E-state index contributed by atoms with van der Waals surface area (Å²) in [5.41, 5.74) is 7.77. The molecular formula is C23H25N3O. The summed E-state index contributed by atoms with van der Waals surface area (Å²) in [5, 5.41) is 6.25. The van der Waals surface area contributed by atoms with Gasteiger partial charge >= 0.3 is 0 Å². The predicted molar refractivity (Wildman–Crippen MR) is 111 cm³/mol. The Morgan fingerprint density at radius 3 is 2.44 bits per heavy atom. The van der Waals surface area contributed by atoms with Crippen molar-refractivity contribution >= 4 is 11.6 Å². The van der Waals surface area contributed by atoms with E-state index in [1.165, 1.54) is 5.56 Å². The molecule has 3 rings (SSSR count). The van der Waals surface area contributed by atoms with Crippen molar-refractivity contribution in [2.75, 3.05) is 12.4 Å². The van der Waals surface area contributed by atoms with Crippen molar-refractivity contribution in [2.45, 2.75) is 27.3 Å². The number of nitrogens with zero attached hydrogens (tertiary/aromatic N) is 1. The first kappa shape index (κ1) is 18.6. The molecule has 0 aliphatic carbocycles. The maximum absolute atomic E-state index is 12.9. The van der Waals surface area contributed by atoms with Crippen molar-refractivity contribution < 1.29 is 4.79 Å². The van der Waals surface area contributed by atoms with E-state index in [9.17, 15) is 4.79 Å². The number of anilines is 1. The molecule has 0 atom stereocenters. The Bertz CT molecular complexity index is 962. The number of carbonyl (C=O) groups excluding carboxylic acids is 1. The topological polar surface area (TPSA) is 54.0 Å². The predicted octanol–water partition coefficient (Wildman–Crippen LogP) is 4.65. The monoisotopic (exact) mass is 359 g/mol.